The van der Waals surface area contributed by atoms with Crippen molar-refractivity contribution in [3.8, 4) is 5.75 Å². The molecular formula is C23H26F3N3O3. The molecule has 1 heterocycles. The molecule has 0 radical (unpaired) electrons. The topological polar surface area (TPSA) is 65.3 Å². The number of fused-ring (bicyclic) bond motifs is 1. The van der Waals surface area contributed by atoms with Crippen LogP contribution in [0.25, 0.3) is 11.0 Å². The highest BCUT2D eigenvalue weighted by molar-refractivity contribution is 5.99. The first-order valence-corrected chi connectivity index (χ1v) is 10.4. The van der Waals surface area contributed by atoms with Gasteiger partial charge in [0.25, 0.3) is 0 Å². The number of nitrogens with one attached hydrogen (secondary N) is 1. The molecule has 0 saturated carbocycles. The number of nitrogens with zero attached hydrogens (tertiary/aromatic N) is 2. The number of rotatable bonds is 10. The molecule has 0 atom stereocenters. The van der Waals surface area contributed by atoms with Crippen molar-refractivity contribution >= 4 is 16.8 Å². The monoisotopic (exact) mass is 449 g/mol. The van der Waals surface area contributed by atoms with Gasteiger partial charge >= 0.3 is 12.1 Å². The Bertz CT molecular complexity index is 1150. The van der Waals surface area contributed by atoms with E-state index in [9.17, 15) is 22.8 Å². The second-order valence-corrected chi connectivity index (χ2v) is 7.64. The molecule has 9 heteroatoms. The average Bonchev–Trinajstić information content (AvgIpc) is 2.96. The van der Waals surface area contributed by atoms with Crippen molar-refractivity contribution < 1.29 is 22.7 Å². The van der Waals surface area contributed by atoms with Crippen molar-refractivity contribution in [3.05, 3.63) is 64.1 Å². The van der Waals surface area contributed by atoms with E-state index in [0.717, 1.165) is 17.5 Å². The van der Waals surface area contributed by atoms with Crippen LogP contribution in [0.1, 0.15) is 35.2 Å². The van der Waals surface area contributed by atoms with Gasteiger partial charge in [-0.25, -0.2) is 4.79 Å². The van der Waals surface area contributed by atoms with E-state index in [2.05, 4.69) is 10.1 Å². The molecule has 0 amide bonds. The maximum Gasteiger partial charge on any atom is 0.573 e. The number of hydrogen-bond donors (Lipinski definition) is 1. The summed E-state index contributed by atoms with van der Waals surface area (Å²) in [6.07, 6.45) is -2.48. The van der Waals surface area contributed by atoms with E-state index >= 15 is 0 Å². The van der Waals surface area contributed by atoms with Crippen molar-refractivity contribution in [3.63, 3.8) is 0 Å². The highest BCUT2D eigenvalue weighted by Crippen LogP contribution is 2.26. The molecule has 0 aliphatic heterocycles. The maximum atomic E-state index is 12.5. The Morgan fingerprint density at radius 1 is 1.00 bits per heavy atom. The van der Waals surface area contributed by atoms with E-state index in [4.69, 9.17) is 0 Å². The van der Waals surface area contributed by atoms with Gasteiger partial charge in [-0.2, -0.15) is 0 Å². The molecule has 0 bridgehead atoms. The third kappa shape index (κ3) is 5.79. The number of carbonyl (C=O) groups excluding carboxylic acids is 1. The number of ether oxygens (including phenoxy) is 1. The summed E-state index contributed by atoms with van der Waals surface area (Å²) in [5.41, 5.74) is 2.43. The number of imidazole rings is 1. The lowest BCUT2D eigenvalue weighted by Crippen LogP contribution is -2.21. The van der Waals surface area contributed by atoms with E-state index < -0.39 is 6.36 Å². The summed E-state index contributed by atoms with van der Waals surface area (Å²) < 4.78 is 44.5. The van der Waals surface area contributed by atoms with Gasteiger partial charge in [0.2, 0.25) is 0 Å². The third-order valence-corrected chi connectivity index (χ3v) is 5.37. The van der Waals surface area contributed by atoms with E-state index in [1.165, 1.54) is 16.7 Å². The molecule has 32 heavy (non-hydrogen) atoms. The van der Waals surface area contributed by atoms with Gasteiger partial charge in [0.1, 0.15) is 5.75 Å². The fourth-order valence-electron chi connectivity index (χ4n) is 3.64. The SMILES string of the molecule is Cn1c(=O)n(C)c2cc(C(=O)CCCCNCCc3ccccc3OC(F)(F)F)ccc21. The van der Waals surface area contributed by atoms with Crippen LogP contribution in [0.2, 0.25) is 0 Å². The zero-order valence-electron chi connectivity index (χ0n) is 18.0. The van der Waals surface area contributed by atoms with Crippen LogP contribution in [0, 0.1) is 0 Å². The quantitative estimate of drug-likeness (QED) is 0.376. The smallest absolute Gasteiger partial charge is 0.406 e. The number of para-hydroxylation sites is 1. The predicted octanol–water partition coefficient (Wildman–Crippen LogP) is 3.96. The van der Waals surface area contributed by atoms with Gasteiger partial charge in [-0.15, -0.1) is 13.2 Å². The Kier molecular flexibility index (Phi) is 7.40. The number of ketones is 1. The number of carbonyl (C=O) groups is 1. The van der Waals surface area contributed by atoms with Gasteiger partial charge < -0.3 is 10.1 Å². The first kappa shape index (κ1) is 23.6. The average molecular weight is 449 g/mol. The van der Waals surface area contributed by atoms with E-state index in [1.54, 1.807) is 49.0 Å². The summed E-state index contributed by atoms with van der Waals surface area (Å²) in [5.74, 6) is -0.165. The molecule has 1 N–H and O–H groups in total. The molecule has 0 unspecified atom stereocenters. The maximum absolute atomic E-state index is 12.5. The number of benzene rings is 2. The van der Waals surface area contributed by atoms with Crippen LogP contribution in [0.5, 0.6) is 5.75 Å². The zero-order valence-corrected chi connectivity index (χ0v) is 18.0. The molecule has 0 saturated heterocycles. The molecule has 0 fully saturated rings. The fraction of sp³-hybridized carbons (Fsp3) is 0.391. The minimum atomic E-state index is -4.71. The van der Waals surface area contributed by atoms with E-state index in [0.29, 0.717) is 43.5 Å². The largest absolute Gasteiger partial charge is 0.573 e. The number of halogens is 3. The fourth-order valence-corrected chi connectivity index (χ4v) is 3.64. The molecule has 0 aliphatic carbocycles. The number of unbranched alkanes of at least 4 members (excludes halogenated alkanes) is 1. The second kappa shape index (κ2) is 10.0. The van der Waals surface area contributed by atoms with Crippen LogP contribution < -0.4 is 15.7 Å². The number of alkyl halides is 3. The summed E-state index contributed by atoms with van der Waals surface area (Å²) in [7, 11) is 3.37. The lowest BCUT2D eigenvalue weighted by molar-refractivity contribution is -0.274. The highest BCUT2D eigenvalue weighted by Gasteiger charge is 2.31. The van der Waals surface area contributed by atoms with E-state index in [-0.39, 0.29) is 17.2 Å². The number of aromatic nitrogens is 2. The summed E-state index contributed by atoms with van der Waals surface area (Å²) in [5, 5.41) is 3.19. The lowest BCUT2D eigenvalue weighted by atomic mass is 10.0. The molecule has 0 aliphatic rings. The van der Waals surface area contributed by atoms with Crippen LogP contribution in [0.15, 0.2) is 47.3 Å². The van der Waals surface area contributed by atoms with Gasteiger partial charge in [-0.05, 0) is 62.2 Å². The Labute approximate surface area is 183 Å². The normalized spacial score (nSPS) is 11.8. The van der Waals surface area contributed by atoms with Gasteiger partial charge in [0.05, 0.1) is 11.0 Å². The molecular weight excluding hydrogens is 423 g/mol. The molecule has 3 rings (SSSR count). The van der Waals surface area contributed by atoms with Crippen molar-refractivity contribution in [2.75, 3.05) is 13.1 Å². The Morgan fingerprint density at radius 2 is 1.72 bits per heavy atom. The molecule has 172 valence electrons. The minimum Gasteiger partial charge on any atom is -0.406 e. The number of hydrogen-bond acceptors (Lipinski definition) is 4. The van der Waals surface area contributed by atoms with Crippen LogP contribution in [-0.2, 0) is 20.5 Å². The number of Topliss-reactive ketones (excluding diaryl/α,β-unsaturated/α-hetero) is 1. The van der Waals surface area contributed by atoms with Crippen molar-refractivity contribution in [1.82, 2.24) is 14.5 Å². The summed E-state index contributed by atoms with van der Waals surface area (Å²) in [4.78, 5) is 24.5. The molecule has 6 nitrogen and oxygen atoms in total. The summed E-state index contributed by atoms with van der Waals surface area (Å²) >= 11 is 0. The first-order valence-electron chi connectivity index (χ1n) is 10.4. The summed E-state index contributed by atoms with van der Waals surface area (Å²) in [6.45, 7) is 1.16. The van der Waals surface area contributed by atoms with Crippen molar-refractivity contribution in [1.29, 1.82) is 0 Å². The Hall–Kier alpha value is -3.07. The minimum absolute atomic E-state index is 0.0152. The van der Waals surface area contributed by atoms with Gasteiger partial charge in [-0.1, -0.05) is 18.2 Å². The predicted molar refractivity (Wildman–Crippen MR) is 116 cm³/mol. The summed E-state index contributed by atoms with van der Waals surface area (Å²) in [6, 6.07) is 11.4. The van der Waals surface area contributed by atoms with Crippen molar-refractivity contribution in [2.24, 2.45) is 14.1 Å². The molecule has 3 aromatic rings. The highest BCUT2D eigenvalue weighted by atomic mass is 19.4. The van der Waals surface area contributed by atoms with Crippen LogP contribution in [0.3, 0.4) is 0 Å². The van der Waals surface area contributed by atoms with Crippen LogP contribution >= 0.6 is 0 Å². The lowest BCUT2D eigenvalue weighted by Gasteiger charge is -2.13. The first-order chi connectivity index (χ1) is 15.2. The second-order valence-electron chi connectivity index (χ2n) is 7.64. The van der Waals surface area contributed by atoms with Gasteiger partial charge in [0, 0.05) is 26.1 Å². The number of aryl methyl sites for hydroxylation is 2. The van der Waals surface area contributed by atoms with E-state index in [1.807, 2.05) is 0 Å². The third-order valence-electron chi connectivity index (χ3n) is 5.37. The Morgan fingerprint density at radius 3 is 2.47 bits per heavy atom. The van der Waals surface area contributed by atoms with Crippen LogP contribution in [-0.4, -0.2) is 34.4 Å². The van der Waals surface area contributed by atoms with Crippen LogP contribution in [0.4, 0.5) is 13.2 Å². The molecule has 0 spiro atoms. The van der Waals surface area contributed by atoms with Gasteiger partial charge in [0.15, 0.2) is 5.78 Å². The molecule has 2 aromatic carbocycles. The standard InChI is InChI=1S/C23H26F3N3O3/c1-28-18-11-10-17(15-19(18)29(2)22(28)31)20(30)8-5-6-13-27-14-12-16-7-3-4-9-21(16)32-23(24,25)26/h3-4,7,9-11,15,27H,5-6,8,12-14H2,1-2H3. The Balaban J connectivity index is 1.41. The zero-order chi connectivity index (χ0) is 23.3. The molecule has 1 aromatic heterocycles. The van der Waals surface area contributed by atoms with Crippen molar-refractivity contribution in [2.45, 2.75) is 32.0 Å². The van der Waals surface area contributed by atoms with Gasteiger partial charge in [-0.3, -0.25) is 13.9 Å².